The van der Waals surface area contributed by atoms with Crippen molar-refractivity contribution >= 4 is 38.5 Å². The number of hydrogen-bond donors (Lipinski definition) is 1. The third-order valence-corrected chi connectivity index (χ3v) is 6.29. The van der Waals surface area contributed by atoms with Crippen LogP contribution in [0.2, 0.25) is 0 Å². The topological polar surface area (TPSA) is 81.8 Å². The van der Waals surface area contributed by atoms with Crippen molar-refractivity contribution in [2.24, 2.45) is 0 Å². The summed E-state index contributed by atoms with van der Waals surface area (Å²) in [6.07, 6.45) is -0.521. The van der Waals surface area contributed by atoms with Crippen molar-refractivity contribution in [3.63, 3.8) is 0 Å². The van der Waals surface area contributed by atoms with E-state index < -0.39 is 11.7 Å². The number of carbonyl (C=O) groups excluding carboxylic acids is 1. The molecule has 0 spiro atoms. The van der Waals surface area contributed by atoms with Crippen molar-refractivity contribution in [1.29, 1.82) is 0 Å². The molecule has 1 aromatic carbocycles. The Morgan fingerprint density at radius 3 is 2.40 bits per heavy atom. The van der Waals surface area contributed by atoms with Gasteiger partial charge in [-0.05, 0) is 79.9 Å². The molecule has 35 heavy (non-hydrogen) atoms. The normalized spacial score (nSPS) is 12.8. The van der Waals surface area contributed by atoms with E-state index >= 15 is 0 Å². The zero-order valence-corrected chi connectivity index (χ0v) is 22.5. The Labute approximate surface area is 209 Å². The molecule has 0 saturated heterocycles. The second-order valence-corrected chi connectivity index (χ2v) is 12.1. The minimum atomic E-state index is -0.682. The number of rotatable bonds is 5. The lowest BCUT2D eigenvalue weighted by atomic mass is 10.2. The van der Waals surface area contributed by atoms with Gasteiger partial charge in [0.2, 0.25) is 0 Å². The summed E-state index contributed by atoms with van der Waals surface area (Å²) in [5.41, 5.74) is 1.79. The highest BCUT2D eigenvalue weighted by molar-refractivity contribution is 7.19. The molecule has 0 fully saturated rings. The third kappa shape index (κ3) is 5.52. The lowest BCUT2D eigenvalue weighted by molar-refractivity contribution is -0.0461. The van der Waals surface area contributed by atoms with E-state index in [1.54, 1.807) is 29.5 Å². The Hall–Kier alpha value is -2.88. The summed E-state index contributed by atoms with van der Waals surface area (Å²) in [7, 11) is 4.07. The first-order valence-corrected chi connectivity index (χ1v) is 12.4. The van der Waals surface area contributed by atoms with Crippen LogP contribution in [0.3, 0.4) is 0 Å². The quantitative estimate of drug-likeness (QED) is 0.361. The maximum atomic E-state index is 13.4. The molecule has 0 aliphatic carbocycles. The number of phenolic OH excluding ortho intramolecular Hbond substituents is 1. The van der Waals surface area contributed by atoms with Gasteiger partial charge in [0.05, 0.1) is 27.0 Å². The van der Waals surface area contributed by atoms with E-state index in [9.17, 15) is 9.90 Å². The fourth-order valence-electron chi connectivity index (χ4n) is 3.79. The third-order valence-electron chi connectivity index (χ3n) is 5.18. The van der Waals surface area contributed by atoms with Crippen LogP contribution in [0.5, 0.6) is 5.75 Å². The van der Waals surface area contributed by atoms with Crippen LogP contribution in [0.15, 0.2) is 30.3 Å². The van der Waals surface area contributed by atoms with Gasteiger partial charge in [-0.25, -0.2) is 14.0 Å². The Balaban J connectivity index is 1.94. The molecule has 9 heteroatoms. The Kier molecular flexibility index (Phi) is 6.46. The summed E-state index contributed by atoms with van der Waals surface area (Å²) in [6.45, 7) is 12.6. The number of phenols is 1. The summed E-state index contributed by atoms with van der Waals surface area (Å²) >= 11 is 1.65. The highest BCUT2D eigenvalue weighted by Gasteiger charge is 2.27. The maximum Gasteiger partial charge on any atom is 0.419 e. The largest absolute Gasteiger partial charge is 0.508 e. The molecule has 0 saturated carbocycles. The minimum absolute atomic E-state index is 0.0746. The number of carbonyl (C=O) groups is 1. The summed E-state index contributed by atoms with van der Waals surface area (Å²) in [5, 5.41) is 15.9. The van der Waals surface area contributed by atoms with Gasteiger partial charge in [-0.1, -0.05) is 0 Å². The number of hydrogen-bond acceptors (Lipinski definition) is 7. The molecular formula is C26H34N4O4S. The molecule has 188 valence electrons. The van der Waals surface area contributed by atoms with Gasteiger partial charge in [0, 0.05) is 22.9 Å². The van der Waals surface area contributed by atoms with E-state index in [0.29, 0.717) is 16.9 Å². The van der Waals surface area contributed by atoms with Gasteiger partial charge >= 0.3 is 6.09 Å². The molecule has 4 aromatic rings. The molecule has 3 heterocycles. The monoisotopic (exact) mass is 498 g/mol. The van der Waals surface area contributed by atoms with Crippen LogP contribution >= 0.6 is 11.3 Å². The molecule has 1 N–H and O–H groups in total. The SMILES string of the molecule is CN(C)Cc1cc2c(s1)c(-c1cc3ccc(O)cc3n1C(=O)OC(C)(C)C)nn2COC(C)(C)C. The van der Waals surface area contributed by atoms with Crippen molar-refractivity contribution in [2.45, 2.75) is 66.0 Å². The average molecular weight is 499 g/mol. The van der Waals surface area contributed by atoms with Crippen LogP contribution in [-0.2, 0) is 22.7 Å². The number of thiophene rings is 1. The number of nitrogens with zero attached hydrogens (tertiary/aromatic N) is 4. The molecule has 0 radical (unpaired) electrons. The maximum absolute atomic E-state index is 13.4. The van der Waals surface area contributed by atoms with Crippen LogP contribution < -0.4 is 0 Å². The molecule has 3 aromatic heterocycles. The Morgan fingerprint density at radius 2 is 1.77 bits per heavy atom. The van der Waals surface area contributed by atoms with Gasteiger partial charge in [0.1, 0.15) is 23.8 Å². The van der Waals surface area contributed by atoms with E-state index in [1.165, 1.54) is 9.44 Å². The van der Waals surface area contributed by atoms with E-state index in [1.807, 2.05) is 66.4 Å². The summed E-state index contributed by atoms with van der Waals surface area (Å²) in [4.78, 5) is 16.7. The highest BCUT2D eigenvalue weighted by atomic mass is 32.1. The molecule has 0 amide bonds. The first-order valence-electron chi connectivity index (χ1n) is 11.6. The summed E-state index contributed by atoms with van der Waals surface area (Å²) in [5.74, 6) is 0.0746. The molecule has 0 aliphatic rings. The first kappa shape index (κ1) is 25.2. The van der Waals surface area contributed by atoms with Crippen LogP contribution in [-0.4, -0.2) is 55.7 Å². The van der Waals surface area contributed by atoms with Crippen LogP contribution in [0.4, 0.5) is 4.79 Å². The zero-order chi connectivity index (χ0) is 25.7. The van der Waals surface area contributed by atoms with Gasteiger partial charge in [-0.3, -0.25) is 0 Å². The van der Waals surface area contributed by atoms with Crippen molar-refractivity contribution in [2.75, 3.05) is 14.1 Å². The summed E-state index contributed by atoms with van der Waals surface area (Å²) in [6, 6.07) is 9.02. The first-order chi connectivity index (χ1) is 16.2. The molecule has 0 unspecified atom stereocenters. The molecule has 0 atom stereocenters. The minimum Gasteiger partial charge on any atom is -0.508 e. The molecule has 8 nitrogen and oxygen atoms in total. The second kappa shape index (κ2) is 8.96. The van der Waals surface area contributed by atoms with E-state index in [-0.39, 0.29) is 18.1 Å². The second-order valence-electron chi connectivity index (χ2n) is 11.0. The average Bonchev–Trinajstić information content (AvgIpc) is 3.35. The van der Waals surface area contributed by atoms with Gasteiger partial charge in [0.25, 0.3) is 0 Å². The van der Waals surface area contributed by atoms with E-state index in [4.69, 9.17) is 14.6 Å². The standard InChI is InChI=1S/C26H34N4O4S/c1-25(2,3)33-15-29-21-13-18(14-28(7)8)35-23(21)22(27-29)20-11-16-9-10-17(31)12-19(16)30(20)24(32)34-26(4,5)6/h9-13,31H,14-15H2,1-8H3. The number of aromatic nitrogens is 3. The van der Waals surface area contributed by atoms with Gasteiger partial charge in [-0.2, -0.15) is 5.10 Å². The Morgan fingerprint density at radius 1 is 1.06 bits per heavy atom. The number of benzene rings is 1. The van der Waals surface area contributed by atoms with Crippen molar-refractivity contribution in [3.05, 3.63) is 35.2 Å². The lowest BCUT2D eigenvalue weighted by Crippen LogP contribution is -2.27. The predicted octanol–water partition coefficient (Wildman–Crippen LogP) is 6.04. The smallest absolute Gasteiger partial charge is 0.419 e. The molecule has 4 rings (SSSR count). The number of ether oxygens (including phenoxy) is 2. The fraction of sp³-hybridized carbons (Fsp3) is 0.462. The highest BCUT2D eigenvalue weighted by Crippen LogP contribution is 2.38. The molecular weight excluding hydrogens is 464 g/mol. The van der Waals surface area contributed by atoms with Crippen LogP contribution in [0.25, 0.3) is 32.5 Å². The summed E-state index contributed by atoms with van der Waals surface area (Å²) < 4.78 is 16.1. The molecule has 0 bridgehead atoms. The lowest BCUT2D eigenvalue weighted by Gasteiger charge is -2.21. The van der Waals surface area contributed by atoms with Gasteiger partial charge in [0.15, 0.2) is 0 Å². The fourth-order valence-corrected chi connectivity index (χ4v) is 5.06. The molecule has 0 aliphatic heterocycles. The van der Waals surface area contributed by atoms with Crippen molar-refractivity contribution in [1.82, 2.24) is 19.2 Å². The van der Waals surface area contributed by atoms with E-state index in [2.05, 4.69) is 11.0 Å². The zero-order valence-electron chi connectivity index (χ0n) is 21.7. The van der Waals surface area contributed by atoms with Crippen molar-refractivity contribution < 1.29 is 19.4 Å². The van der Waals surface area contributed by atoms with Gasteiger partial charge < -0.3 is 19.5 Å². The predicted molar refractivity (Wildman–Crippen MR) is 140 cm³/mol. The van der Waals surface area contributed by atoms with Crippen LogP contribution in [0.1, 0.15) is 46.4 Å². The number of aromatic hydroxyl groups is 1. The van der Waals surface area contributed by atoms with E-state index in [0.717, 1.165) is 22.1 Å². The van der Waals surface area contributed by atoms with Gasteiger partial charge in [-0.15, -0.1) is 11.3 Å². The number of fused-ring (bicyclic) bond motifs is 2. The van der Waals surface area contributed by atoms with Crippen LogP contribution in [0, 0.1) is 0 Å². The Bertz CT molecular complexity index is 1380. The van der Waals surface area contributed by atoms with Crippen molar-refractivity contribution in [3.8, 4) is 17.1 Å².